The fourth-order valence-electron chi connectivity index (χ4n) is 5.96. The number of benzene rings is 3. The minimum atomic E-state index is -0.613. The highest BCUT2D eigenvalue weighted by molar-refractivity contribution is 6.87. The summed E-state index contributed by atoms with van der Waals surface area (Å²) in [7, 11) is -1.74. The van der Waals surface area contributed by atoms with Crippen molar-refractivity contribution in [3.05, 3.63) is 107 Å². The molecule has 1 aromatic heterocycles. The maximum atomic E-state index is 6.61. The Bertz CT molecular complexity index is 1410. The van der Waals surface area contributed by atoms with Crippen LogP contribution in [-0.2, 0) is 20.1 Å². The van der Waals surface area contributed by atoms with Gasteiger partial charge in [-0.3, -0.25) is 4.98 Å². The molecule has 0 unspecified atom stereocenters. The molecule has 1 fully saturated rings. The Labute approximate surface area is 266 Å². The molecular formula is C37H46B3NO3. The Hall–Kier alpha value is -3.12. The van der Waals surface area contributed by atoms with Crippen LogP contribution in [0.3, 0.4) is 0 Å². The molecule has 44 heavy (non-hydrogen) atoms. The summed E-state index contributed by atoms with van der Waals surface area (Å²) in [6, 6.07) is 25.4. The van der Waals surface area contributed by atoms with Crippen molar-refractivity contribution >= 4 is 37.7 Å². The Morgan fingerprint density at radius 2 is 1.07 bits per heavy atom. The van der Waals surface area contributed by atoms with Gasteiger partial charge in [-0.25, -0.2) is 0 Å². The molecule has 0 amide bonds. The first-order valence-corrected chi connectivity index (χ1v) is 16.6. The number of pyridine rings is 1. The second-order valence-electron chi connectivity index (χ2n) is 12.4. The van der Waals surface area contributed by atoms with Crippen LogP contribution in [0, 0.1) is 20.8 Å². The maximum absolute atomic E-state index is 6.61. The smallest absolute Gasteiger partial charge is 0.445 e. The molecule has 3 aromatic carbocycles. The van der Waals surface area contributed by atoms with Gasteiger partial charge in [-0.1, -0.05) is 142 Å². The second-order valence-corrected chi connectivity index (χ2v) is 12.4. The Morgan fingerprint density at radius 3 is 1.66 bits per heavy atom. The predicted octanol–water partition coefficient (Wildman–Crippen LogP) is 7.30. The molecule has 4 nitrogen and oxygen atoms in total. The van der Waals surface area contributed by atoms with Crippen LogP contribution in [0.2, 0.25) is 0 Å². The van der Waals surface area contributed by atoms with Crippen LogP contribution in [0.25, 0.3) is 11.1 Å². The van der Waals surface area contributed by atoms with Gasteiger partial charge in [0, 0.05) is 18.0 Å². The van der Waals surface area contributed by atoms with Crippen molar-refractivity contribution in [3.63, 3.8) is 0 Å². The third-order valence-corrected chi connectivity index (χ3v) is 8.65. The Morgan fingerprint density at radius 1 is 0.545 bits per heavy atom. The number of rotatable bonds is 14. The van der Waals surface area contributed by atoms with E-state index in [-0.39, 0.29) is 0 Å². The molecule has 226 valence electrons. The summed E-state index contributed by atoms with van der Waals surface area (Å²) >= 11 is 0. The van der Waals surface area contributed by atoms with Gasteiger partial charge in [-0.05, 0) is 67.2 Å². The summed E-state index contributed by atoms with van der Waals surface area (Å²) in [6.07, 6.45) is 16.9. The molecule has 0 saturated carbocycles. The van der Waals surface area contributed by atoms with Crippen LogP contribution in [0.1, 0.15) is 87.0 Å². The highest BCUT2D eigenvalue weighted by atomic mass is 16.7. The van der Waals surface area contributed by atoms with E-state index in [1.165, 1.54) is 80.0 Å². The standard InChI is InChI=1S/C37H46B3NO3/c1-5-6-7-8-9-10-11-12-13-14-32-25-26-41-28-36(32)35-27-31(4)19-24-37(35)40-43-38(33-20-15-29(2)16-21-33)42-39(44-40)34-22-17-30(3)18-23-34/h15-28H,5-14H2,1-4H3. The minimum Gasteiger partial charge on any atom is -0.445 e. The van der Waals surface area contributed by atoms with E-state index in [1.807, 2.05) is 12.4 Å². The molecule has 7 heteroatoms. The first-order valence-electron chi connectivity index (χ1n) is 16.6. The molecule has 0 spiro atoms. The molecule has 0 radical (unpaired) electrons. The van der Waals surface area contributed by atoms with Gasteiger partial charge in [0.15, 0.2) is 0 Å². The number of aryl methyl sites for hydroxylation is 4. The summed E-state index contributed by atoms with van der Waals surface area (Å²) in [4.78, 5) is 4.57. The Kier molecular flexibility index (Phi) is 11.9. The van der Waals surface area contributed by atoms with Crippen molar-refractivity contribution in [3.8, 4) is 11.1 Å². The lowest BCUT2D eigenvalue weighted by atomic mass is 9.60. The average molecular weight is 585 g/mol. The van der Waals surface area contributed by atoms with Crippen molar-refractivity contribution in [2.24, 2.45) is 0 Å². The molecule has 4 aromatic rings. The van der Waals surface area contributed by atoms with Crippen LogP contribution < -0.4 is 16.4 Å². The number of hydrogen-bond acceptors (Lipinski definition) is 4. The lowest BCUT2D eigenvalue weighted by Gasteiger charge is -2.32. The third kappa shape index (κ3) is 8.75. The number of nitrogens with zero attached hydrogens (tertiary/aromatic N) is 1. The molecule has 5 rings (SSSR count). The number of hydrogen-bond donors (Lipinski definition) is 0. The van der Waals surface area contributed by atoms with Crippen molar-refractivity contribution in [2.45, 2.75) is 91.9 Å². The van der Waals surface area contributed by atoms with Gasteiger partial charge in [0.05, 0.1) is 0 Å². The van der Waals surface area contributed by atoms with E-state index in [1.54, 1.807) is 0 Å². The van der Waals surface area contributed by atoms with Crippen LogP contribution in [0.4, 0.5) is 0 Å². The van der Waals surface area contributed by atoms with Crippen molar-refractivity contribution in [1.29, 1.82) is 0 Å². The lowest BCUT2D eigenvalue weighted by molar-refractivity contribution is 0.308. The number of unbranched alkanes of at least 4 members (excludes halogenated alkanes) is 8. The van der Waals surface area contributed by atoms with Gasteiger partial charge < -0.3 is 13.7 Å². The lowest BCUT2D eigenvalue weighted by Crippen LogP contribution is -2.61. The average Bonchev–Trinajstić information content (AvgIpc) is 3.04. The molecular weight excluding hydrogens is 539 g/mol. The Balaban J connectivity index is 1.38. The predicted molar refractivity (Wildman–Crippen MR) is 187 cm³/mol. The summed E-state index contributed by atoms with van der Waals surface area (Å²) in [5.41, 5.74) is 10.1. The summed E-state index contributed by atoms with van der Waals surface area (Å²) in [6.45, 7) is 8.60. The molecule has 1 saturated heterocycles. The highest BCUT2D eigenvalue weighted by Crippen LogP contribution is 2.26. The molecule has 0 aliphatic carbocycles. The molecule has 2 heterocycles. The van der Waals surface area contributed by atoms with Gasteiger partial charge in [0.2, 0.25) is 0 Å². The second kappa shape index (κ2) is 16.3. The topological polar surface area (TPSA) is 40.6 Å². The van der Waals surface area contributed by atoms with E-state index in [2.05, 4.69) is 105 Å². The zero-order chi connectivity index (χ0) is 30.7. The third-order valence-electron chi connectivity index (χ3n) is 8.65. The van der Waals surface area contributed by atoms with Gasteiger partial charge in [-0.15, -0.1) is 0 Å². The van der Waals surface area contributed by atoms with Crippen molar-refractivity contribution < 1.29 is 13.7 Å². The van der Waals surface area contributed by atoms with Crippen LogP contribution in [0.5, 0.6) is 0 Å². The zero-order valence-corrected chi connectivity index (χ0v) is 27.1. The van der Waals surface area contributed by atoms with Crippen LogP contribution in [0.15, 0.2) is 85.2 Å². The molecule has 0 bridgehead atoms. The fourth-order valence-corrected chi connectivity index (χ4v) is 5.96. The SMILES string of the molecule is CCCCCCCCCCCc1ccncc1-c1cc(C)ccc1B1OB(c2ccc(C)cc2)OB(c2ccc(C)cc2)O1. The van der Waals surface area contributed by atoms with Crippen LogP contribution in [-0.4, -0.2) is 26.3 Å². The zero-order valence-electron chi connectivity index (χ0n) is 27.1. The molecule has 1 aliphatic rings. The minimum absolute atomic E-state index is 0.565. The summed E-state index contributed by atoms with van der Waals surface area (Å²) in [5.74, 6) is 0. The monoisotopic (exact) mass is 585 g/mol. The van der Waals surface area contributed by atoms with Gasteiger partial charge >= 0.3 is 21.4 Å². The summed E-state index contributed by atoms with van der Waals surface area (Å²) < 4.78 is 19.7. The first-order chi connectivity index (χ1) is 21.5. The molecule has 0 N–H and O–H groups in total. The normalized spacial score (nSPS) is 13.5. The van der Waals surface area contributed by atoms with E-state index in [0.29, 0.717) is 0 Å². The van der Waals surface area contributed by atoms with Gasteiger partial charge in [0.25, 0.3) is 0 Å². The van der Waals surface area contributed by atoms with E-state index in [9.17, 15) is 0 Å². The van der Waals surface area contributed by atoms with E-state index >= 15 is 0 Å². The summed E-state index contributed by atoms with van der Waals surface area (Å²) in [5, 5.41) is 0. The van der Waals surface area contributed by atoms with Crippen LogP contribution >= 0.6 is 0 Å². The van der Waals surface area contributed by atoms with E-state index < -0.39 is 21.4 Å². The van der Waals surface area contributed by atoms with E-state index in [0.717, 1.165) is 33.9 Å². The van der Waals surface area contributed by atoms with Gasteiger partial charge in [0.1, 0.15) is 0 Å². The molecule has 1 aliphatic heterocycles. The van der Waals surface area contributed by atoms with Crippen molar-refractivity contribution in [1.82, 2.24) is 4.98 Å². The van der Waals surface area contributed by atoms with E-state index in [4.69, 9.17) is 13.7 Å². The fraction of sp³-hybridized carbons (Fsp3) is 0.378. The maximum Gasteiger partial charge on any atom is 0.467 e. The highest BCUT2D eigenvalue weighted by Gasteiger charge is 2.44. The largest absolute Gasteiger partial charge is 0.467 e. The molecule has 0 atom stereocenters. The quantitative estimate of drug-likeness (QED) is 0.115. The van der Waals surface area contributed by atoms with Gasteiger partial charge in [-0.2, -0.15) is 0 Å². The number of aromatic nitrogens is 1. The first kappa shape index (κ1) is 32.3. The van der Waals surface area contributed by atoms with Crippen molar-refractivity contribution in [2.75, 3.05) is 0 Å².